The fourth-order valence-electron chi connectivity index (χ4n) is 3.73. The smallest absolute Gasteiger partial charge is 0.310 e. The minimum absolute atomic E-state index is 0.210. The number of hydrogen-bond donors (Lipinski definition) is 1. The normalized spacial score (nSPS) is 18.5. The Hall–Kier alpha value is -1.90. The van der Waals surface area contributed by atoms with Gasteiger partial charge >= 0.3 is 5.97 Å². The number of aliphatic carboxylic acids is 1. The highest BCUT2D eigenvalue weighted by molar-refractivity contribution is 5.98. The lowest BCUT2D eigenvalue weighted by atomic mass is 9.80. The van der Waals surface area contributed by atoms with Crippen LogP contribution in [0, 0.1) is 5.92 Å². The number of rotatable bonds is 10. The molecule has 1 aromatic carbocycles. The Morgan fingerprint density at radius 3 is 2.42 bits per heavy atom. The Bertz CT molecular complexity index is 627. The predicted molar refractivity (Wildman–Crippen MR) is 106 cm³/mol. The van der Waals surface area contributed by atoms with E-state index in [2.05, 4.69) is 6.92 Å². The van der Waals surface area contributed by atoms with E-state index in [4.69, 9.17) is 5.11 Å². The Kier molecular flexibility index (Phi) is 8.08. The van der Waals surface area contributed by atoms with Crippen molar-refractivity contribution in [1.82, 2.24) is 0 Å². The van der Waals surface area contributed by atoms with E-state index in [0.29, 0.717) is 12.3 Å². The molecular formula is C23H32O3. The second kappa shape index (κ2) is 10.3. The van der Waals surface area contributed by atoms with Crippen molar-refractivity contribution in [3.05, 3.63) is 41.5 Å². The molecule has 1 aliphatic rings. The van der Waals surface area contributed by atoms with Crippen LogP contribution in [0.3, 0.4) is 0 Å². The van der Waals surface area contributed by atoms with Crippen molar-refractivity contribution in [2.45, 2.75) is 77.6 Å². The van der Waals surface area contributed by atoms with E-state index in [0.717, 1.165) is 29.5 Å². The molecule has 1 aromatic rings. The number of carboxylic acids is 1. The zero-order valence-electron chi connectivity index (χ0n) is 16.2. The molecule has 0 bridgehead atoms. The molecule has 0 amide bonds. The quantitative estimate of drug-likeness (QED) is 0.524. The van der Waals surface area contributed by atoms with Crippen LogP contribution in [0.4, 0.5) is 0 Å². The number of carbonyl (C=O) groups is 2. The van der Waals surface area contributed by atoms with Gasteiger partial charge in [0.25, 0.3) is 0 Å². The average Bonchev–Trinajstić information content (AvgIpc) is 2.65. The molecule has 0 radical (unpaired) electrons. The molecule has 2 unspecified atom stereocenters. The van der Waals surface area contributed by atoms with Crippen molar-refractivity contribution in [1.29, 1.82) is 0 Å². The van der Waals surface area contributed by atoms with Gasteiger partial charge in [0.1, 0.15) is 0 Å². The van der Waals surface area contributed by atoms with Crippen LogP contribution in [0.1, 0.15) is 88.7 Å². The van der Waals surface area contributed by atoms with Crippen LogP contribution >= 0.6 is 0 Å². The fourth-order valence-corrected chi connectivity index (χ4v) is 3.73. The lowest BCUT2D eigenvalue weighted by Crippen LogP contribution is -2.14. The summed E-state index contributed by atoms with van der Waals surface area (Å²) in [6, 6.07) is 7.73. The van der Waals surface area contributed by atoms with Crippen molar-refractivity contribution in [2.24, 2.45) is 5.92 Å². The molecule has 142 valence electrons. The highest BCUT2D eigenvalue weighted by Gasteiger charge is 2.23. The molecule has 0 aromatic heterocycles. The van der Waals surface area contributed by atoms with Gasteiger partial charge in [-0.05, 0) is 48.5 Å². The standard InChI is InChI=1S/C23H32O3/c1-3-4-5-6-7-8-9-19-14-15-21(24)16-22(19)20-12-10-18(11-13-20)17(2)23(25)26/h10-13,16-17,19H,3-9,14-15H2,1-2H3,(H,25,26). The van der Waals surface area contributed by atoms with E-state index in [9.17, 15) is 9.59 Å². The van der Waals surface area contributed by atoms with Gasteiger partial charge in [0.05, 0.1) is 5.92 Å². The van der Waals surface area contributed by atoms with Gasteiger partial charge in [-0.3, -0.25) is 9.59 Å². The molecule has 3 heteroatoms. The molecule has 2 atom stereocenters. The van der Waals surface area contributed by atoms with Crippen LogP contribution in [0.2, 0.25) is 0 Å². The first-order valence-corrected chi connectivity index (χ1v) is 10.1. The summed E-state index contributed by atoms with van der Waals surface area (Å²) in [6.45, 7) is 3.93. The molecule has 0 saturated heterocycles. The number of allylic oxidation sites excluding steroid dienone is 2. The van der Waals surface area contributed by atoms with E-state index in [1.165, 1.54) is 38.5 Å². The van der Waals surface area contributed by atoms with Crippen molar-refractivity contribution in [3.8, 4) is 0 Å². The lowest BCUT2D eigenvalue weighted by molar-refractivity contribution is -0.138. The monoisotopic (exact) mass is 356 g/mol. The molecule has 1 N–H and O–H groups in total. The van der Waals surface area contributed by atoms with Crippen LogP contribution in [0.25, 0.3) is 5.57 Å². The van der Waals surface area contributed by atoms with Gasteiger partial charge in [0.15, 0.2) is 5.78 Å². The summed E-state index contributed by atoms with van der Waals surface area (Å²) in [7, 11) is 0. The summed E-state index contributed by atoms with van der Waals surface area (Å²) in [4.78, 5) is 23.1. The number of carboxylic acid groups (broad SMARTS) is 1. The first kappa shape index (κ1) is 20.4. The van der Waals surface area contributed by atoms with E-state index in [-0.39, 0.29) is 5.78 Å². The topological polar surface area (TPSA) is 54.4 Å². The molecular weight excluding hydrogens is 324 g/mol. The second-order valence-electron chi connectivity index (χ2n) is 7.54. The number of unbranched alkanes of at least 4 members (excludes halogenated alkanes) is 5. The Balaban J connectivity index is 2.01. The highest BCUT2D eigenvalue weighted by Crippen LogP contribution is 2.35. The molecule has 0 fully saturated rings. The van der Waals surface area contributed by atoms with Gasteiger partial charge in [-0.25, -0.2) is 0 Å². The summed E-state index contributed by atoms with van der Waals surface area (Å²) in [5.41, 5.74) is 3.01. The van der Waals surface area contributed by atoms with Gasteiger partial charge in [0.2, 0.25) is 0 Å². The van der Waals surface area contributed by atoms with Crippen molar-refractivity contribution >= 4 is 17.3 Å². The third-order valence-electron chi connectivity index (χ3n) is 5.52. The maximum Gasteiger partial charge on any atom is 0.310 e. The first-order chi connectivity index (χ1) is 12.5. The van der Waals surface area contributed by atoms with E-state index in [1.54, 1.807) is 6.92 Å². The average molecular weight is 357 g/mol. The van der Waals surface area contributed by atoms with Crippen molar-refractivity contribution < 1.29 is 14.7 Å². The predicted octanol–water partition coefficient (Wildman–Crippen LogP) is 5.99. The van der Waals surface area contributed by atoms with Crippen molar-refractivity contribution in [3.63, 3.8) is 0 Å². The molecule has 0 saturated carbocycles. The molecule has 1 aliphatic carbocycles. The Morgan fingerprint density at radius 1 is 1.12 bits per heavy atom. The number of benzene rings is 1. The Morgan fingerprint density at radius 2 is 1.77 bits per heavy atom. The van der Waals surface area contributed by atoms with Gasteiger partial charge in [-0.2, -0.15) is 0 Å². The summed E-state index contributed by atoms with van der Waals surface area (Å²) in [5, 5.41) is 9.15. The molecule has 0 spiro atoms. The third kappa shape index (κ3) is 5.82. The Labute approximate surface area is 157 Å². The molecule has 0 aliphatic heterocycles. The van der Waals surface area contributed by atoms with Crippen LogP contribution in [-0.2, 0) is 9.59 Å². The van der Waals surface area contributed by atoms with Crippen molar-refractivity contribution in [2.75, 3.05) is 0 Å². The molecule has 0 heterocycles. The zero-order chi connectivity index (χ0) is 18.9. The maximum absolute atomic E-state index is 12.0. The molecule has 2 rings (SSSR count). The summed E-state index contributed by atoms with van der Waals surface area (Å²) in [6.07, 6.45) is 12.3. The SMILES string of the molecule is CCCCCCCCC1CCC(=O)C=C1c1ccc(C(C)C(=O)O)cc1. The van der Waals surface area contributed by atoms with Crippen LogP contribution < -0.4 is 0 Å². The number of hydrogen-bond acceptors (Lipinski definition) is 2. The van der Waals surface area contributed by atoms with Gasteiger partial charge in [0, 0.05) is 6.42 Å². The second-order valence-corrected chi connectivity index (χ2v) is 7.54. The van der Waals surface area contributed by atoms with Gasteiger partial charge in [-0.1, -0.05) is 69.7 Å². The minimum Gasteiger partial charge on any atom is -0.481 e. The molecule has 26 heavy (non-hydrogen) atoms. The van der Waals surface area contributed by atoms with E-state index < -0.39 is 11.9 Å². The largest absolute Gasteiger partial charge is 0.481 e. The summed E-state index contributed by atoms with van der Waals surface area (Å²) in [5.74, 6) is -0.667. The fraction of sp³-hybridized carbons (Fsp3) is 0.565. The van der Waals surface area contributed by atoms with Crippen LogP contribution in [0.5, 0.6) is 0 Å². The van der Waals surface area contributed by atoms with Crippen LogP contribution in [-0.4, -0.2) is 16.9 Å². The van der Waals surface area contributed by atoms with E-state index >= 15 is 0 Å². The molecule has 3 nitrogen and oxygen atoms in total. The van der Waals surface area contributed by atoms with E-state index in [1.807, 2.05) is 30.3 Å². The number of carbonyl (C=O) groups excluding carboxylic acids is 1. The highest BCUT2D eigenvalue weighted by atomic mass is 16.4. The lowest BCUT2D eigenvalue weighted by Gasteiger charge is -2.24. The third-order valence-corrected chi connectivity index (χ3v) is 5.52. The summed E-state index contributed by atoms with van der Waals surface area (Å²) < 4.78 is 0. The maximum atomic E-state index is 12.0. The number of ketones is 1. The minimum atomic E-state index is -0.814. The first-order valence-electron chi connectivity index (χ1n) is 10.1. The van der Waals surface area contributed by atoms with Crippen LogP contribution in [0.15, 0.2) is 30.3 Å². The zero-order valence-corrected chi connectivity index (χ0v) is 16.2. The van der Waals surface area contributed by atoms with Gasteiger partial charge in [-0.15, -0.1) is 0 Å². The summed E-state index contributed by atoms with van der Waals surface area (Å²) >= 11 is 0. The van der Waals surface area contributed by atoms with Gasteiger partial charge < -0.3 is 5.11 Å².